The van der Waals surface area contributed by atoms with Gasteiger partial charge in [0.1, 0.15) is 0 Å². The molecule has 0 amide bonds. The molecule has 1 aromatic heterocycles. The molecule has 0 aliphatic heterocycles. The van der Waals surface area contributed by atoms with Crippen LogP contribution in [0.2, 0.25) is 5.02 Å². The summed E-state index contributed by atoms with van der Waals surface area (Å²) < 4.78 is 0. The molecule has 0 spiro atoms. The van der Waals surface area contributed by atoms with Crippen molar-refractivity contribution in [1.82, 2.24) is 4.98 Å². The van der Waals surface area contributed by atoms with Crippen molar-refractivity contribution in [3.05, 3.63) is 58.9 Å². The summed E-state index contributed by atoms with van der Waals surface area (Å²) in [4.78, 5) is 17.5. The Labute approximate surface area is 124 Å². The lowest BCUT2D eigenvalue weighted by atomic mass is 10.1. The third-order valence-corrected chi connectivity index (χ3v) is 3.57. The molecule has 1 heterocycles. The second-order valence-electron chi connectivity index (χ2n) is 4.75. The van der Waals surface area contributed by atoms with Crippen LogP contribution in [-0.2, 0) is 6.42 Å². The fourth-order valence-corrected chi connectivity index (χ4v) is 2.25. The molecule has 4 heteroatoms. The van der Waals surface area contributed by atoms with E-state index < -0.39 is 0 Å². The third kappa shape index (κ3) is 3.58. The number of aromatic nitrogens is 1. The topological polar surface area (TPSA) is 33.2 Å². The Balaban J connectivity index is 2.10. The molecular formula is C16H17ClN2O. The molecule has 0 saturated carbocycles. The van der Waals surface area contributed by atoms with Crippen molar-refractivity contribution in [2.24, 2.45) is 0 Å². The van der Waals surface area contributed by atoms with Crippen LogP contribution >= 0.6 is 11.6 Å². The first kappa shape index (κ1) is 14.5. The van der Waals surface area contributed by atoms with Gasteiger partial charge in [0.15, 0.2) is 5.78 Å². The summed E-state index contributed by atoms with van der Waals surface area (Å²) in [6.07, 6.45) is 4.48. The summed E-state index contributed by atoms with van der Waals surface area (Å²) in [5.74, 6) is 0.0467. The summed E-state index contributed by atoms with van der Waals surface area (Å²) >= 11 is 6.21. The number of carbonyl (C=O) groups is 1. The van der Waals surface area contributed by atoms with Crippen LogP contribution in [0.3, 0.4) is 0 Å². The molecule has 104 valence electrons. The average Bonchev–Trinajstić information content (AvgIpc) is 2.46. The van der Waals surface area contributed by atoms with Crippen molar-refractivity contribution in [2.45, 2.75) is 13.3 Å². The molecular weight excluding hydrogens is 272 g/mol. The van der Waals surface area contributed by atoms with E-state index in [1.165, 1.54) is 5.56 Å². The molecule has 1 aromatic carbocycles. The highest BCUT2D eigenvalue weighted by Gasteiger charge is 2.09. The first-order chi connectivity index (χ1) is 9.58. The molecule has 0 aliphatic rings. The lowest BCUT2D eigenvalue weighted by molar-refractivity contribution is 0.101. The number of carbonyl (C=O) groups excluding carboxylic acids is 1. The zero-order valence-electron chi connectivity index (χ0n) is 11.6. The number of halogens is 1. The van der Waals surface area contributed by atoms with Gasteiger partial charge >= 0.3 is 0 Å². The van der Waals surface area contributed by atoms with E-state index >= 15 is 0 Å². The largest absolute Gasteiger partial charge is 0.373 e. The zero-order chi connectivity index (χ0) is 14.5. The van der Waals surface area contributed by atoms with Crippen LogP contribution in [0.25, 0.3) is 0 Å². The Morgan fingerprint density at radius 3 is 2.60 bits per heavy atom. The van der Waals surface area contributed by atoms with Crippen LogP contribution in [0.4, 0.5) is 5.69 Å². The van der Waals surface area contributed by atoms with Crippen LogP contribution in [0.5, 0.6) is 0 Å². The molecule has 0 aliphatic carbocycles. The smallest absolute Gasteiger partial charge is 0.159 e. The molecule has 0 N–H and O–H groups in total. The van der Waals surface area contributed by atoms with E-state index in [1.807, 2.05) is 25.2 Å². The van der Waals surface area contributed by atoms with Gasteiger partial charge < -0.3 is 4.90 Å². The number of pyridine rings is 1. The van der Waals surface area contributed by atoms with Gasteiger partial charge in [-0.15, -0.1) is 0 Å². The molecule has 0 fully saturated rings. The molecule has 2 aromatic rings. The van der Waals surface area contributed by atoms with Crippen molar-refractivity contribution < 1.29 is 4.79 Å². The van der Waals surface area contributed by atoms with E-state index in [2.05, 4.69) is 9.88 Å². The maximum absolute atomic E-state index is 11.4. The fourth-order valence-electron chi connectivity index (χ4n) is 1.99. The summed E-state index contributed by atoms with van der Waals surface area (Å²) in [5, 5.41) is 0.659. The van der Waals surface area contributed by atoms with Gasteiger partial charge in [0, 0.05) is 31.5 Å². The first-order valence-corrected chi connectivity index (χ1v) is 6.86. The van der Waals surface area contributed by atoms with Gasteiger partial charge in [0.2, 0.25) is 0 Å². The highest BCUT2D eigenvalue weighted by Crippen LogP contribution is 2.26. The molecule has 2 rings (SSSR count). The monoisotopic (exact) mass is 288 g/mol. The molecule has 0 bridgehead atoms. The molecule has 0 radical (unpaired) electrons. The quantitative estimate of drug-likeness (QED) is 0.788. The summed E-state index contributed by atoms with van der Waals surface area (Å²) in [7, 11) is 1.98. The van der Waals surface area contributed by atoms with E-state index in [0.717, 1.165) is 18.7 Å². The number of ketones is 1. The zero-order valence-corrected chi connectivity index (χ0v) is 12.4. The van der Waals surface area contributed by atoms with E-state index in [0.29, 0.717) is 10.6 Å². The van der Waals surface area contributed by atoms with E-state index in [-0.39, 0.29) is 5.78 Å². The van der Waals surface area contributed by atoms with Crippen LogP contribution < -0.4 is 4.90 Å². The van der Waals surface area contributed by atoms with Gasteiger partial charge in [0.25, 0.3) is 0 Å². The number of nitrogens with zero attached hydrogens (tertiary/aromatic N) is 2. The van der Waals surface area contributed by atoms with Crippen molar-refractivity contribution in [3.8, 4) is 0 Å². The second-order valence-corrected chi connectivity index (χ2v) is 5.16. The number of hydrogen-bond acceptors (Lipinski definition) is 3. The molecule has 3 nitrogen and oxygen atoms in total. The second kappa shape index (κ2) is 6.53. The van der Waals surface area contributed by atoms with Crippen LogP contribution in [0.15, 0.2) is 42.7 Å². The van der Waals surface area contributed by atoms with Crippen molar-refractivity contribution in [1.29, 1.82) is 0 Å². The van der Waals surface area contributed by atoms with Crippen LogP contribution in [0.1, 0.15) is 22.8 Å². The number of hydrogen-bond donors (Lipinski definition) is 0. The SMILES string of the molecule is CC(=O)c1ccc(Cl)c(N(C)CCc2ccncc2)c1. The van der Waals surface area contributed by atoms with Gasteiger partial charge in [-0.2, -0.15) is 0 Å². The summed E-state index contributed by atoms with van der Waals surface area (Å²) in [6, 6.07) is 9.38. The Hall–Kier alpha value is -1.87. The standard InChI is InChI=1S/C16H17ClN2O/c1-12(20)14-3-4-15(17)16(11-14)19(2)10-7-13-5-8-18-9-6-13/h3-6,8-9,11H,7,10H2,1-2H3. The van der Waals surface area contributed by atoms with Gasteiger partial charge in [-0.05, 0) is 49.2 Å². The van der Waals surface area contributed by atoms with E-state index in [1.54, 1.807) is 31.5 Å². The highest BCUT2D eigenvalue weighted by atomic mass is 35.5. The van der Waals surface area contributed by atoms with Crippen molar-refractivity contribution >= 4 is 23.1 Å². The fraction of sp³-hybridized carbons (Fsp3) is 0.250. The summed E-state index contributed by atoms with van der Waals surface area (Å²) in [6.45, 7) is 2.38. The van der Waals surface area contributed by atoms with Crippen LogP contribution in [0, 0.1) is 0 Å². The Kier molecular flexibility index (Phi) is 4.74. The average molecular weight is 289 g/mol. The minimum absolute atomic E-state index is 0.0467. The maximum atomic E-state index is 11.4. The number of rotatable bonds is 5. The molecule has 0 saturated heterocycles. The van der Waals surface area contributed by atoms with Crippen LogP contribution in [-0.4, -0.2) is 24.4 Å². The maximum Gasteiger partial charge on any atom is 0.159 e. The predicted molar refractivity (Wildman–Crippen MR) is 82.7 cm³/mol. The molecule has 0 unspecified atom stereocenters. The highest BCUT2D eigenvalue weighted by molar-refractivity contribution is 6.33. The van der Waals surface area contributed by atoms with Crippen molar-refractivity contribution in [2.75, 3.05) is 18.5 Å². The lowest BCUT2D eigenvalue weighted by Gasteiger charge is -2.21. The lowest BCUT2D eigenvalue weighted by Crippen LogP contribution is -2.21. The number of Topliss-reactive ketones (excluding diaryl/α,β-unsaturated/α-hetero) is 1. The molecule has 20 heavy (non-hydrogen) atoms. The van der Waals surface area contributed by atoms with E-state index in [9.17, 15) is 4.79 Å². The number of benzene rings is 1. The normalized spacial score (nSPS) is 10.3. The van der Waals surface area contributed by atoms with Gasteiger partial charge in [0.05, 0.1) is 10.7 Å². The Morgan fingerprint density at radius 2 is 1.95 bits per heavy atom. The van der Waals surface area contributed by atoms with E-state index in [4.69, 9.17) is 11.6 Å². The minimum Gasteiger partial charge on any atom is -0.373 e. The third-order valence-electron chi connectivity index (χ3n) is 3.25. The minimum atomic E-state index is 0.0467. The van der Waals surface area contributed by atoms with Gasteiger partial charge in [-0.3, -0.25) is 9.78 Å². The summed E-state index contributed by atoms with van der Waals surface area (Å²) in [5.41, 5.74) is 2.79. The Bertz CT molecular complexity index is 599. The first-order valence-electron chi connectivity index (χ1n) is 6.48. The van der Waals surface area contributed by atoms with Crippen molar-refractivity contribution in [3.63, 3.8) is 0 Å². The predicted octanol–water partition coefficient (Wildman–Crippen LogP) is 3.62. The number of anilines is 1. The number of likely N-dealkylation sites (N-methyl/N-ethyl adjacent to an activating group) is 1. The Morgan fingerprint density at radius 1 is 1.25 bits per heavy atom. The van der Waals surface area contributed by atoms with Gasteiger partial charge in [-0.1, -0.05) is 11.6 Å². The van der Waals surface area contributed by atoms with Gasteiger partial charge in [-0.25, -0.2) is 0 Å². The molecule has 0 atom stereocenters.